The van der Waals surface area contributed by atoms with Crippen LogP contribution in [-0.2, 0) is 10.3 Å². The minimum absolute atomic E-state index is 0.0301. The summed E-state index contributed by atoms with van der Waals surface area (Å²) in [5.41, 5.74) is 1.09. The summed E-state index contributed by atoms with van der Waals surface area (Å²) in [6.07, 6.45) is 9.69. The van der Waals surface area contributed by atoms with Crippen LogP contribution in [0, 0.1) is 11.3 Å². The smallest absolute Gasteiger partial charge is 0.322 e. The number of hydrogen-bond acceptors (Lipinski definition) is 3. The van der Waals surface area contributed by atoms with E-state index in [4.69, 9.17) is 4.74 Å². The molecular formula is C19H30N4O2. The van der Waals surface area contributed by atoms with Crippen molar-refractivity contribution in [2.45, 2.75) is 64.5 Å². The summed E-state index contributed by atoms with van der Waals surface area (Å²) in [7, 11) is 0. The number of anilines is 1. The van der Waals surface area contributed by atoms with Gasteiger partial charge in [0.2, 0.25) is 0 Å². The second-order valence-corrected chi connectivity index (χ2v) is 9.01. The standard InChI is InChI=1S/C19H30N4O2/c1-18(2,3)23-12-15(11-20-23)21-17(24)22-13-19(7-4-8-19)16(22)14-5-9-25-10-6-14/h11-12,14,16H,4-10,13H2,1-3H3,(H,21,24)/t16-/m0/s1. The number of amides is 2. The molecular weight excluding hydrogens is 316 g/mol. The van der Waals surface area contributed by atoms with Crippen molar-refractivity contribution in [3.8, 4) is 0 Å². The molecule has 1 atom stereocenters. The van der Waals surface area contributed by atoms with Crippen LogP contribution in [0.15, 0.2) is 12.4 Å². The number of ether oxygens (including phenoxy) is 1. The van der Waals surface area contributed by atoms with Crippen molar-refractivity contribution in [1.29, 1.82) is 0 Å². The van der Waals surface area contributed by atoms with Gasteiger partial charge in [0.25, 0.3) is 0 Å². The molecule has 138 valence electrons. The van der Waals surface area contributed by atoms with Gasteiger partial charge < -0.3 is 15.0 Å². The fraction of sp³-hybridized carbons (Fsp3) is 0.789. The zero-order valence-electron chi connectivity index (χ0n) is 15.6. The Kier molecular flexibility index (Phi) is 4.06. The fourth-order valence-electron chi connectivity index (χ4n) is 4.77. The van der Waals surface area contributed by atoms with E-state index < -0.39 is 0 Å². The molecule has 3 aliphatic rings. The maximum atomic E-state index is 12.9. The Balaban J connectivity index is 1.45. The van der Waals surface area contributed by atoms with E-state index in [1.165, 1.54) is 19.3 Å². The van der Waals surface area contributed by atoms with E-state index >= 15 is 0 Å². The summed E-state index contributed by atoms with van der Waals surface area (Å²) in [5.74, 6) is 0.589. The zero-order chi connectivity index (χ0) is 17.7. The summed E-state index contributed by atoms with van der Waals surface area (Å²) in [4.78, 5) is 15.0. The molecule has 1 aromatic rings. The summed E-state index contributed by atoms with van der Waals surface area (Å²) >= 11 is 0. The predicted octanol–water partition coefficient (Wildman–Crippen LogP) is 3.45. The van der Waals surface area contributed by atoms with Crippen LogP contribution in [0.2, 0.25) is 0 Å². The third kappa shape index (κ3) is 2.94. The Morgan fingerprint density at radius 2 is 2.04 bits per heavy atom. The van der Waals surface area contributed by atoms with Gasteiger partial charge in [0, 0.05) is 37.4 Å². The molecule has 3 heterocycles. The molecule has 2 aliphatic heterocycles. The van der Waals surface area contributed by atoms with Gasteiger partial charge in [0.15, 0.2) is 0 Å². The van der Waals surface area contributed by atoms with Crippen LogP contribution in [0.3, 0.4) is 0 Å². The number of hydrogen-bond donors (Lipinski definition) is 1. The Morgan fingerprint density at radius 1 is 1.32 bits per heavy atom. The molecule has 0 aromatic carbocycles. The monoisotopic (exact) mass is 346 g/mol. The van der Waals surface area contributed by atoms with Gasteiger partial charge in [-0.15, -0.1) is 0 Å². The first-order chi connectivity index (χ1) is 11.9. The highest BCUT2D eigenvalue weighted by molar-refractivity contribution is 5.90. The van der Waals surface area contributed by atoms with E-state index in [1.807, 2.05) is 10.9 Å². The number of rotatable bonds is 2. The largest absolute Gasteiger partial charge is 0.381 e. The van der Waals surface area contributed by atoms with Crippen molar-refractivity contribution in [2.75, 3.05) is 25.1 Å². The Morgan fingerprint density at radius 3 is 2.60 bits per heavy atom. The van der Waals surface area contributed by atoms with Gasteiger partial charge in [0.05, 0.1) is 17.4 Å². The third-order valence-corrected chi connectivity index (χ3v) is 6.29. The van der Waals surface area contributed by atoms with E-state index in [-0.39, 0.29) is 11.6 Å². The van der Waals surface area contributed by atoms with Crippen LogP contribution in [-0.4, -0.2) is 46.5 Å². The van der Waals surface area contributed by atoms with Crippen molar-refractivity contribution in [2.24, 2.45) is 11.3 Å². The summed E-state index contributed by atoms with van der Waals surface area (Å²) in [5, 5.41) is 7.44. The maximum absolute atomic E-state index is 12.9. The maximum Gasteiger partial charge on any atom is 0.322 e. The lowest BCUT2D eigenvalue weighted by Gasteiger charge is -2.64. The molecule has 6 nitrogen and oxygen atoms in total. The molecule has 1 spiro atoms. The minimum Gasteiger partial charge on any atom is -0.381 e. The predicted molar refractivity (Wildman–Crippen MR) is 96.6 cm³/mol. The molecule has 2 saturated heterocycles. The molecule has 1 aliphatic carbocycles. The quantitative estimate of drug-likeness (QED) is 0.892. The first-order valence-electron chi connectivity index (χ1n) is 9.60. The number of carbonyl (C=O) groups excluding carboxylic acids is 1. The van der Waals surface area contributed by atoms with Crippen LogP contribution in [0.5, 0.6) is 0 Å². The fourth-order valence-corrected chi connectivity index (χ4v) is 4.77. The van der Waals surface area contributed by atoms with Gasteiger partial charge in [-0.05, 0) is 52.4 Å². The molecule has 1 saturated carbocycles. The number of aromatic nitrogens is 2. The molecule has 0 unspecified atom stereocenters. The summed E-state index contributed by atoms with van der Waals surface area (Å²) in [6.45, 7) is 8.89. The number of urea groups is 1. The van der Waals surface area contributed by atoms with Crippen molar-refractivity contribution in [1.82, 2.24) is 14.7 Å². The lowest BCUT2D eigenvalue weighted by atomic mass is 9.54. The normalized spacial score (nSPS) is 26.2. The van der Waals surface area contributed by atoms with Crippen molar-refractivity contribution >= 4 is 11.7 Å². The molecule has 0 bridgehead atoms. The van der Waals surface area contributed by atoms with Gasteiger partial charge >= 0.3 is 6.03 Å². The first-order valence-corrected chi connectivity index (χ1v) is 9.60. The number of nitrogens with one attached hydrogen (secondary N) is 1. The van der Waals surface area contributed by atoms with Crippen molar-refractivity contribution < 1.29 is 9.53 Å². The first kappa shape index (κ1) is 16.9. The lowest BCUT2D eigenvalue weighted by molar-refractivity contribution is -0.135. The molecule has 2 amide bonds. The highest BCUT2D eigenvalue weighted by Crippen LogP contribution is 2.56. The van der Waals surface area contributed by atoms with E-state index in [0.717, 1.165) is 38.3 Å². The minimum atomic E-state index is -0.0830. The highest BCUT2D eigenvalue weighted by atomic mass is 16.5. The summed E-state index contributed by atoms with van der Waals surface area (Å²) in [6, 6.07) is 0.422. The van der Waals surface area contributed by atoms with Crippen LogP contribution < -0.4 is 5.32 Å². The van der Waals surface area contributed by atoms with Gasteiger partial charge in [0.1, 0.15) is 0 Å². The second-order valence-electron chi connectivity index (χ2n) is 9.01. The average molecular weight is 346 g/mol. The molecule has 25 heavy (non-hydrogen) atoms. The topological polar surface area (TPSA) is 59.4 Å². The number of nitrogens with zero attached hydrogens (tertiary/aromatic N) is 3. The van der Waals surface area contributed by atoms with Crippen LogP contribution >= 0.6 is 0 Å². The molecule has 4 rings (SSSR count). The molecule has 0 radical (unpaired) electrons. The zero-order valence-corrected chi connectivity index (χ0v) is 15.6. The lowest BCUT2D eigenvalue weighted by Crippen LogP contribution is -2.72. The van der Waals surface area contributed by atoms with Crippen molar-refractivity contribution in [3.63, 3.8) is 0 Å². The Bertz CT molecular complexity index is 638. The van der Waals surface area contributed by atoms with Crippen molar-refractivity contribution in [3.05, 3.63) is 12.4 Å². The van der Waals surface area contributed by atoms with E-state index in [1.54, 1.807) is 6.20 Å². The highest BCUT2D eigenvalue weighted by Gasteiger charge is 2.59. The average Bonchev–Trinajstić information content (AvgIpc) is 2.94. The molecule has 6 heteroatoms. The van der Waals surface area contributed by atoms with Crippen LogP contribution in [0.1, 0.15) is 52.9 Å². The second kappa shape index (κ2) is 6.01. The van der Waals surface area contributed by atoms with Gasteiger partial charge in [-0.1, -0.05) is 6.42 Å². The number of likely N-dealkylation sites (tertiary alicyclic amines) is 1. The van der Waals surface area contributed by atoms with E-state index in [9.17, 15) is 4.79 Å². The van der Waals surface area contributed by atoms with E-state index in [0.29, 0.717) is 17.4 Å². The molecule has 1 N–H and O–H groups in total. The van der Waals surface area contributed by atoms with E-state index in [2.05, 4.69) is 36.1 Å². The Hall–Kier alpha value is -1.56. The van der Waals surface area contributed by atoms with Gasteiger partial charge in [-0.2, -0.15) is 5.10 Å². The Labute approximate surface area is 149 Å². The summed E-state index contributed by atoms with van der Waals surface area (Å²) < 4.78 is 7.43. The SMILES string of the molecule is CC(C)(C)n1cc(NC(=O)N2CC3(CCC3)[C@@H]2C2CCOCC2)cn1. The molecule has 3 fully saturated rings. The van der Waals surface area contributed by atoms with Crippen LogP contribution in [0.25, 0.3) is 0 Å². The molecule has 1 aromatic heterocycles. The van der Waals surface area contributed by atoms with Gasteiger partial charge in [-0.25, -0.2) is 4.79 Å². The third-order valence-electron chi connectivity index (χ3n) is 6.29. The van der Waals surface area contributed by atoms with Gasteiger partial charge in [-0.3, -0.25) is 4.68 Å². The van der Waals surface area contributed by atoms with Crippen LogP contribution in [0.4, 0.5) is 10.5 Å². The number of carbonyl (C=O) groups is 1.